The SMILES string of the molecule is CCCOc1ccc(C(=O)C(C)Cl)c(CC)c1. The molecule has 0 amide bonds. The van der Waals surface area contributed by atoms with Crippen molar-refractivity contribution in [3.05, 3.63) is 29.3 Å². The minimum Gasteiger partial charge on any atom is -0.494 e. The Bertz CT molecular complexity index is 386. The molecule has 0 saturated heterocycles. The van der Waals surface area contributed by atoms with E-state index >= 15 is 0 Å². The second kappa shape index (κ2) is 6.65. The van der Waals surface area contributed by atoms with Crippen molar-refractivity contribution in [3.63, 3.8) is 0 Å². The standard InChI is InChI=1S/C14H19ClO2/c1-4-8-17-12-6-7-13(11(5-2)9-12)14(16)10(3)15/h6-7,9-10H,4-5,8H2,1-3H3. The minimum atomic E-state index is -0.484. The van der Waals surface area contributed by atoms with Crippen LogP contribution in [-0.2, 0) is 6.42 Å². The number of hydrogen-bond donors (Lipinski definition) is 0. The lowest BCUT2D eigenvalue weighted by Gasteiger charge is -2.11. The average Bonchev–Trinajstić information content (AvgIpc) is 2.34. The maximum absolute atomic E-state index is 11.9. The molecule has 0 heterocycles. The summed E-state index contributed by atoms with van der Waals surface area (Å²) in [6, 6.07) is 5.58. The number of Topliss-reactive ketones (excluding diaryl/α,β-unsaturated/α-hetero) is 1. The first-order valence-corrected chi connectivity index (χ1v) is 6.47. The van der Waals surface area contributed by atoms with Crippen LogP contribution >= 0.6 is 11.6 Å². The summed E-state index contributed by atoms with van der Waals surface area (Å²) >= 11 is 5.83. The van der Waals surface area contributed by atoms with Gasteiger partial charge in [0.1, 0.15) is 5.75 Å². The van der Waals surface area contributed by atoms with Gasteiger partial charge in [-0.3, -0.25) is 4.79 Å². The van der Waals surface area contributed by atoms with Gasteiger partial charge in [-0.15, -0.1) is 11.6 Å². The molecule has 3 heteroatoms. The lowest BCUT2D eigenvalue weighted by atomic mass is 10.00. The Labute approximate surface area is 108 Å². The Morgan fingerprint density at radius 3 is 2.65 bits per heavy atom. The molecule has 17 heavy (non-hydrogen) atoms. The van der Waals surface area contributed by atoms with Crippen LogP contribution in [0.25, 0.3) is 0 Å². The predicted octanol–water partition coefficient (Wildman–Crippen LogP) is 3.85. The second-order valence-electron chi connectivity index (χ2n) is 4.00. The third-order valence-corrected chi connectivity index (χ3v) is 2.76. The highest BCUT2D eigenvalue weighted by atomic mass is 35.5. The van der Waals surface area contributed by atoms with Crippen molar-refractivity contribution in [3.8, 4) is 5.75 Å². The van der Waals surface area contributed by atoms with E-state index in [4.69, 9.17) is 16.3 Å². The summed E-state index contributed by atoms with van der Waals surface area (Å²) in [7, 11) is 0. The Morgan fingerprint density at radius 1 is 1.41 bits per heavy atom. The first-order chi connectivity index (χ1) is 8.10. The van der Waals surface area contributed by atoms with E-state index in [0.717, 1.165) is 24.2 Å². The average molecular weight is 255 g/mol. The lowest BCUT2D eigenvalue weighted by molar-refractivity contribution is 0.0991. The van der Waals surface area contributed by atoms with Crippen LogP contribution in [0, 0.1) is 0 Å². The number of benzene rings is 1. The molecular weight excluding hydrogens is 236 g/mol. The normalized spacial score (nSPS) is 12.2. The maximum Gasteiger partial charge on any atom is 0.180 e. The second-order valence-corrected chi connectivity index (χ2v) is 4.66. The number of alkyl halides is 1. The summed E-state index contributed by atoms with van der Waals surface area (Å²) in [4.78, 5) is 11.9. The molecule has 94 valence electrons. The molecule has 0 aliphatic rings. The monoisotopic (exact) mass is 254 g/mol. The Balaban J connectivity index is 2.97. The molecule has 0 saturated carbocycles. The highest BCUT2D eigenvalue weighted by molar-refractivity contribution is 6.33. The number of halogens is 1. The van der Waals surface area contributed by atoms with Crippen LogP contribution in [0.3, 0.4) is 0 Å². The third-order valence-electron chi connectivity index (χ3n) is 2.56. The van der Waals surface area contributed by atoms with Crippen molar-refractivity contribution in [1.82, 2.24) is 0 Å². The Kier molecular flexibility index (Phi) is 5.49. The summed E-state index contributed by atoms with van der Waals surface area (Å²) in [5, 5.41) is -0.484. The van der Waals surface area contributed by atoms with Gasteiger partial charge in [-0.25, -0.2) is 0 Å². The van der Waals surface area contributed by atoms with Gasteiger partial charge in [0.25, 0.3) is 0 Å². The van der Waals surface area contributed by atoms with Crippen LogP contribution in [-0.4, -0.2) is 17.8 Å². The largest absolute Gasteiger partial charge is 0.494 e. The zero-order valence-electron chi connectivity index (χ0n) is 10.6. The van der Waals surface area contributed by atoms with Gasteiger partial charge in [0.2, 0.25) is 0 Å². The van der Waals surface area contributed by atoms with E-state index in [0.29, 0.717) is 12.2 Å². The zero-order valence-corrected chi connectivity index (χ0v) is 11.4. The fourth-order valence-electron chi connectivity index (χ4n) is 1.63. The van der Waals surface area contributed by atoms with Crippen molar-refractivity contribution in [1.29, 1.82) is 0 Å². The molecule has 1 unspecified atom stereocenters. The molecule has 0 fully saturated rings. The van der Waals surface area contributed by atoms with Gasteiger partial charge in [-0.2, -0.15) is 0 Å². The summed E-state index contributed by atoms with van der Waals surface area (Å²) in [5.41, 5.74) is 1.70. The summed E-state index contributed by atoms with van der Waals surface area (Å²) in [6.07, 6.45) is 1.77. The minimum absolute atomic E-state index is 0.0226. The van der Waals surface area contributed by atoms with E-state index in [1.807, 2.05) is 25.1 Å². The highest BCUT2D eigenvalue weighted by Crippen LogP contribution is 2.21. The van der Waals surface area contributed by atoms with Gasteiger partial charge in [-0.1, -0.05) is 13.8 Å². The van der Waals surface area contributed by atoms with Crippen molar-refractivity contribution < 1.29 is 9.53 Å². The van der Waals surface area contributed by atoms with E-state index in [9.17, 15) is 4.79 Å². The molecule has 1 aromatic rings. The number of rotatable bonds is 6. The van der Waals surface area contributed by atoms with Crippen molar-refractivity contribution in [2.24, 2.45) is 0 Å². The number of aryl methyl sites for hydroxylation is 1. The smallest absolute Gasteiger partial charge is 0.180 e. The number of ketones is 1. The van der Waals surface area contributed by atoms with Gasteiger partial charge in [0, 0.05) is 5.56 Å². The third kappa shape index (κ3) is 3.74. The molecule has 0 aromatic heterocycles. The van der Waals surface area contributed by atoms with Crippen LogP contribution < -0.4 is 4.74 Å². The summed E-state index contributed by atoms with van der Waals surface area (Å²) < 4.78 is 5.55. The van der Waals surface area contributed by atoms with Gasteiger partial charge in [0.15, 0.2) is 5.78 Å². The van der Waals surface area contributed by atoms with Crippen molar-refractivity contribution in [2.45, 2.75) is 39.0 Å². The van der Waals surface area contributed by atoms with Crippen molar-refractivity contribution in [2.75, 3.05) is 6.61 Å². The summed E-state index contributed by atoms with van der Waals surface area (Å²) in [6.45, 7) is 6.48. The van der Waals surface area contributed by atoms with Crippen molar-refractivity contribution >= 4 is 17.4 Å². The summed E-state index contributed by atoms with van der Waals surface area (Å²) in [5.74, 6) is 0.799. The predicted molar refractivity (Wildman–Crippen MR) is 71.3 cm³/mol. The van der Waals surface area contributed by atoms with E-state index in [1.165, 1.54) is 0 Å². The molecule has 1 aromatic carbocycles. The number of ether oxygens (including phenoxy) is 1. The first-order valence-electron chi connectivity index (χ1n) is 6.04. The molecule has 1 rings (SSSR count). The van der Waals surface area contributed by atoms with Crippen LogP contribution in [0.1, 0.15) is 43.1 Å². The number of hydrogen-bond acceptors (Lipinski definition) is 2. The maximum atomic E-state index is 11.9. The molecular formula is C14H19ClO2. The Hall–Kier alpha value is -1.02. The number of carbonyl (C=O) groups is 1. The van der Waals surface area contributed by atoms with E-state index < -0.39 is 5.38 Å². The van der Waals surface area contributed by atoms with E-state index in [1.54, 1.807) is 6.92 Å². The molecule has 0 aliphatic carbocycles. The van der Waals surface area contributed by atoms with Gasteiger partial charge in [0.05, 0.1) is 12.0 Å². The Morgan fingerprint density at radius 2 is 2.12 bits per heavy atom. The van der Waals surface area contributed by atoms with Crippen LogP contribution in [0.5, 0.6) is 5.75 Å². The highest BCUT2D eigenvalue weighted by Gasteiger charge is 2.16. The molecule has 0 radical (unpaired) electrons. The van der Waals surface area contributed by atoms with E-state index in [-0.39, 0.29) is 5.78 Å². The molecule has 0 bridgehead atoms. The van der Waals surface area contributed by atoms with Gasteiger partial charge in [-0.05, 0) is 43.5 Å². The molecule has 2 nitrogen and oxygen atoms in total. The molecule has 1 atom stereocenters. The molecule has 0 aliphatic heterocycles. The quantitative estimate of drug-likeness (QED) is 0.569. The zero-order chi connectivity index (χ0) is 12.8. The van der Waals surface area contributed by atoms with Crippen LogP contribution in [0.2, 0.25) is 0 Å². The van der Waals surface area contributed by atoms with Gasteiger partial charge < -0.3 is 4.74 Å². The van der Waals surface area contributed by atoms with Crippen LogP contribution in [0.4, 0.5) is 0 Å². The topological polar surface area (TPSA) is 26.3 Å². The lowest BCUT2D eigenvalue weighted by Crippen LogP contribution is -2.13. The van der Waals surface area contributed by atoms with Gasteiger partial charge >= 0.3 is 0 Å². The van der Waals surface area contributed by atoms with Crippen LogP contribution in [0.15, 0.2) is 18.2 Å². The fourth-order valence-corrected chi connectivity index (χ4v) is 1.74. The molecule has 0 spiro atoms. The number of carbonyl (C=O) groups excluding carboxylic acids is 1. The van der Waals surface area contributed by atoms with E-state index in [2.05, 4.69) is 6.92 Å². The molecule has 0 N–H and O–H groups in total. The first kappa shape index (κ1) is 14.0. The fraction of sp³-hybridized carbons (Fsp3) is 0.500.